The molecule has 0 bridgehead atoms. The number of carboxylic acids is 1. The van der Waals surface area contributed by atoms with Crippen LogP contribution in [-0.4, -0.2) is 51.0 Å². The number of halogens is 1. The molecule has 1 atom stereocenters. The molecule has 50 heavy (non-hydrogen) atoms. The highest BCUT2D eigenvalue weighted by Crippen LogP contribution is 2.27. The van der Waals surface area contributed by atoms with Crippen LogP contribution in [0.1, 0.15) is 50.5 Å². The van der Waals surface area contributed by atoms with Gasteiger partial charge in [0, 0.05) is 23.2 Å². The van der Waals surface area contributed by atoms with E-state index < -0.39 is 35.4 Å². The van der Waals surface area contributed by atoms with Crippen molar-refractivity contribution in [1.82, 2.24) is 15.5 Å². The molecule has 258 valence electrons. The van der Waals surface area contributed by atoms with Gasteiger partial charge in [0.05, 0.1) is 11.7 Å². The summed E-state index contributed by atoms with van der Waals surface area (Å²) in [7, 11) is 0. The lowest BCUT2D eigenvalue weighted by molar-refractivity contribution is -0.139. The van der Waals surface area contributed by atoms with Crippen molar-refractivity contribution in [1.29, 1.82) is 0 Å². The third kappa shape index (κ3) is 9.31. The minimum Gasteiger partial charge on any atom is -0.491 e. The molecule has 0 aliphatic rings. The molecule has 0 aliphatic carbocycles. The molecule has 5 aromatic rings. The van der Waals surface area contributed by atoms with Gasteiger partial charge in [-0.25, -0.2) is 14.0 Å². The number of ether oxygens (including phenoxy) is 2. The number of benzene rings is 4. The summed E-state index contributed by atoms with van der Waals surface area (Å²) in [5.74, 6) is -1.70. The highest BCUT2D eigenvalue weighted by atomic mass is 19.1. The van der Waals surface area contributed by atoms with Crippen molar-refractivity contribution < 1.29 is 37.9 Å². The van der Waals surface area contributed by atoms with Gasteiger partial charge >= 0.3 is 12.1 Å². The van der Waals surface area contributed by atoms with Crippen LogP contribution in [0, 0.1) is 5.82 Å². The number of hydrogen-bond acceptors (Lipinski definition) is 8. The average molecular weight is 681 g/mol. The monoisotopic (exact) mass is 680 g/mol. The molecule has 5 rings (SSSR count). The zero-order valence-electron chi connectivity index (χ0n) is 28.2. The minimum atomic E-state index is -1.33. The van der Waals surface area contributed by atoms with E-state index in [1.54, 1.807) is 69.3 Å². The second kappa shape index (κ2) is 15.0. The number of carboxylic acid groups (broad SMARTS) is 1. The maximum Gasteiger partial charge on any atom is 0.412 e. The van der Waals surface area contributed by atoms with Crippen molar-refractivity contribution in [3.05, 3.63) is 108 Å². The van der Waals surface area contributed by atoms with E-state index in [4.69, 9.17) is 14.0 Å². The van der Waals surface area contributed by atoms with Crippen LogP contribution >= 0.6 is 0 Å². The predicted molar refractivity (Wildman–Crippen MR) is 185 cm³/mol. The lowest BCUT2D eigenvalue weighted by Crippen LogP contribution is -2.42. The standard InChI is InChI=1S/C38H37FN4O7/c1-22(2)48-29-16-12-24(13-17-29)26-7-6-8-27(21-26)34(44)41-32(36(45)46)20-23-9-18-30(31(39)19-23)33-42-35(50-43-33)25-10-14-28(15-11-25)40-37(47)49-38(3,4)5/h6-19,21-22,32H,20H2,1-5H3,(H,40,47)(H,41,44)(H,45,46)/t32-/m1/s1. The van der Waals surface area contributed by atoms with Crippen LogP contribution < -0.4 is 15.4 Å². The molecule has 1 aromatic heterocycles. The third-order valence-electron chi connectivity index (χ3n) is 7.21. The van der Waals surface area contributed by atoms with Gasteiger partial charge in [-0.05, 0) is 112 Å². The van der Waals surface area contributed by atoms with Gasteiger partial charge in [-0.3, -0.25) is 10.1 Å². The molecule has 12 heteroatoms. The number of nitrogens with zero attached hydrogens (tertiary/aromatic N) is 2. The molecule has 2 amide bonds. The van der Waals surface area contributed by atoms with Crippen molar-refractivity contribution in [3.8, 4) is 39.7 Å². The molecule has 0 saturated heterocycles. The lowest BCUT2D eigenvalue weighted by atomic mass is 10.0. The topological polar surface area (TPSA) is 153 Å². The largest absolute Gasteiger partial charge is 0.491 e. The number of aromatic nitrogens is 2. The number of carbonyl (C=O) groups excluding carboxylic acids is 2. The first kappa shape index (κ1) is 35.3. The second-order valence-electron chi connectivity index (χ2n) is 12.8. The van der Waals surface area contributed by atoms with Crippen LogP contribution in [0.3, 0.4) is 0 Å². The van der Waals surface area contributed by atoms with Crippen LogP contribution in [0.2, 0.25) is 0 Å². The van der Waals surface area contributed by atoms with Crippen LogP contribution in [0.15, 0.2) is 95.5 Å². The Kier molecular flexibility index (Phi) is 10.6. The maximum absolute atomic E-state index is 15.3. The highest BCUT2D eigenvalue weighted by Gasteiger charge is 2.23. The molecule has 11 nitrogen and oxygen atoms in total. The van der Waals surface area contributed by atoms with E-state index in [-0.39, 0.29) is 35.4 Å². The third-order valence-corrected chi connectivity index (χ3v) is 7.21. The molecule has 0 spiro atoms. The van der Waals surface area contributed by atoms with Crippen molar-refractivity contribution in [2.75, 3.05) is 5.32 Å². The molecule has 1 heterocycles. The summed E-state index contributed by atoms with van der Waals surface area (Å²) in [4.78, 5) is 41.6. The lowest BCUT2D eigenvalue weighted by Gasteiger charge is -2.19. The Morgan fingerprint density at radius 2 is 1.60 bits per heavy atom. The summed E-state index contributed by atoms with van der Waals surface area (Å²) in [6, 6.07) is 23.7. The Morgan fingerprint density at radius 1 is 0.900 bits per heavy atom. The quantitative estimate of drug-likeness (QED) is 0.127. The molecule has 0 aliphatic heterocycles. The van der Waals surface area contributed by atoms with Crippen LogP contribution in [0.5, 0.6) is 5.75 Å². The van der Waals surface area contributed by atoms with E-state index in [9.17, 15) is 19.5 Å². The number of amides is 2. The van der Waals surface area contributed by atoms with E-state index in [1.807, 2.05) is 44.2 Å². The summed E-state index contributed by atoms with van der Waals surface area (Å²) < 4.78 is 31.6. The molecule has 0 unspecified atom stereocenters. The van der Waals surface area contributed by atoms with Crippen LogP contribution in [0.25, 0.3) is 34.0 Å². The first-order chi connectivity index (χ1) is 23.7. The highest BCUT2D eigenvalue weighted by molar-refractivity contribution is 5.97. The minimum absolute atomic E-state index is 0.00920. The SMILES string of the molecule is CC(C)Oc1ccc(-c2cccc(C(=O)N[C@H](Cc3ccc(-c4noc(-c5ccc(NC(=O)OC(C)(C)C)cc5)n4)c(F)c3)C(=O)O)c2)cc1. The normalized spacial score (nSPS) is 11.9. The number of hydrogen-bond donors (Lipinski definition) is 3. The average Bonchev–Trinajstić information content (AvgIpc) is 3.54. The molecule has 0 radical (unpaired) electrons. The van der Waals surface area contributed by atoms with Gasteiger partial charge in [0.2, 0.25) is 5.82 Å². The smallest absolute Gasteiger partial charge is 0.412 e. The van der Waals surface area contributed by atoms with Gasteiger partial charge in [-0.15, -0.1) is 0 Å². The fourth-order valence-corrected chi connectivity index (χ4v) is 4.95. The van der Waals surface area contributed by atoms with Gasteiger partial charge in [0.25, 0.3) is 11.8 Å². The predicted octanol–water partition coefficient (Wildman–Crippen LogP) is 7.77. The first-order valence-corrected chi connectivity index (χ1v) is 15.9. The van der Waals surface area contributed by atoms with E-state index in [0.29, 0.717) is 16.8 Å². The second-order valence-corrected chi connectivity index (χ2v) is 12.8. The molecular formula is C38H37FN4O7. The summed E-state index contributed by atoms with van der Waals surface area (Å²) in [5, 5.41) is 19.0. The Hall–Kier alpha value is -6.04. The van der Waals surface area contributed by atoms with Crippen molar-refractivity contribution in [2.24, 2.45) is 0 Å². The van der Waals surface area contributed by atoms with E-state index in [1.165, 1.54) is 12.1 Å². The zero-order valence-corrected chi connectivity index (χ0v) is 28.2. The molecule has 0 saturated carbocycles. The van der Waals surface area contributed by atoms with Gasteiger partial charge in [0.15, 0.2) is 0 Å². The van der Waals surface area contributed by atoms with E-state index in [2.05, 4.69) is 20.8 Å². The van der Waals surface area contributed by atoms with Crippen LogP contribution in [-0.2, 0) is 16.0 Å². The van der Waals surface area contributed by atoms with Gasteiger partial charge in [-0.1, -0.05) is 35.5 Å². The van der Waals surface area contributed by atoms with Crippen molar-refractivity contribution >= 4 is 23.7 Å². The number of aliphatic carboxylic acids is 1. The number of nitrogens with one attached hydrogen (secondary N) is 2. The Balaban J connectivity index is 1.23. The molecule has 0 fully saturated rings. The fraction of sp³-hybridized carbons (Fsp3) is 0.237. The Labute approximate surface area is 288 Å². The fourth-order valence-electron chi connectivity index (χ4n) is 4.95. The van der Waals surface area contributed by atoms with E-state index >= 15 is 4.39 Å². The van der Waals surface area contributed by atoms with Crippen LogP contribution in [0.4, 0.5) is 14.9 Å². The van der Waals surface area contributed by atoms with Crippen molar-refractivity contribution in [2.45, 2.75) is 58.8 Å². The van der Waals surface area contributed by atoms with Gasteiger partial charge in [-0.2, -0.15) is 4.98 Å². The number of carbonyl (C=O) groups is 3. The van der Waals surface area contributed by atoms with Crippen molar-refractivity contribution in [3.63, 3.8) is 0 Å². The summed E-state index contributed by atoms with van der Waals surface area (Å²) in [6.07, 6.45) is -0.727. The summed E-state index contributed by atoms with van der Waals surface area (Å²) >= 11 is 0. The summed E-state index contributed by atoms with van der Waals surface area (Å²) in [6.45, 7) is 9.17. The molecular weight excluding hydrogens is 643 g/mol. The first-order valence-electron chi connectivity index (χ1n) is 15.9. The molecule has 4 aromatic carbocycles. The zero-order chi connectivity index (χ0) is 36.0. The number of anilines is 1. The summed E-state index contributed by atoms with van der Waals surface area (Å²) in [5.41, 5.74) is 2.69. The number of rotatable bonds is 11. The maximum atomic E-state index is 15.3. The van der Waals surface area contributed by atoms with Gasteiger partial charge in [0.1, 0.15) is 23.2 Å². The Bertz CT molecular complexity index is 1980. The van der Waals surface area contributed by atoms with Gasteiger partial charge < -0.3 is 24.4 Å². The molecule has 3 N–H and O–H groups in total. The van der Waals surface area contributed by atoms with E-state index in [0.717, 1.165) is 16.9 Å². The Morgan fingerprint density at radius 3 is 2.24 bits per heavy atom.